The van der Waals surface area contributed by atoms with Gasteiger partial charge in [-0.3, -0.25) is 4.79 Å². The molecule has 228 valence electrons. The molecule has 0 heterocycles. The van der Waals surface area contributed by atoms with E-state index >= 15 is 0 Å². The van der Waals surface area contributed by atoms with Gasteiger partial charge in [-0.2, -0.15) is 0 Å². The summed E-state index contributed by atoms with van der Waals surface area (Å²) < 4.78 is 32.6. The first-order valence-electron chi connectivity index (χ1n) is 14.3. The fourth-order valence-corrected chi connectivity index (χ4v) is 3.95. The Bertz CT molecular complexity index is 1330. The molecule has 3 aromatic rings. The SMILES string of the molecule is C=CC(=O)OCCCCCCOc1ccc(C(=O)Oc2ccc(OC(=O)CCc3ccc(OC)cc3)cc2OCC)cc1. The molecule has 9 heteroatoms. The number of hydrogen-bond acceptors (Lipinski definition) is 9. The molecule has 0 bridgehead atoms. The van der Waals surface area contributed by atoms with Crippen molar-refractivity contribution in [2.45, 2.75) is 45.4 Å². The van der Waals surface area contributed by atoms with Gasteiger partial charge in [0.25, 0.3) is 0 Å². The van der Waals surface area contributed by atoms with Crippen molar-refractivity contribution in [3.05, 3.63) is 90.5 Å². The minimum absolute atomic E-state index is 0.196. The van der Waals surface area contributed by atoms with Gasteiger partial charge in [-0.25, -0.2) is 9.59 Å². The van der Waals surface area contributed by atoms with E-state index in [1.165, 1.54) is 12.1 Å². The number of aryl methyl sites for hydroxylation is 1. The average Bonchev–Trinajstić information content (AvgIpc) is 3.03. The number of benzene rings is 3. The Morgan fingerprint density at radius 1 is 0.744 bits per heavy atom. The highest BCUT2D eigenvalue weighted by Crippen LogP contribution is 2.32. The van der Waals surface area contributed by atoms with Gasteiger partial charge in [0.15, 0.2) is 11.5 Å². The number of carbonyl (C=O) groups is 3. The normalized spacial score (nSPS) is 10.4. The molecule has 0 aliphatic rings. The summed E-state index contributed by atoms with van der Waals surface area (Å²) in [7, 11) is 1.60. The van der Waals surface area contributed by atoms with Crippen LogP contribution < -0.4 is 23.7 Å². The molecule has 9 nitrogen and oxygen atoms in total. The first-order valence-corrected chi connectivity index (χ1v) is 14.3. The molecule has 0 aliphatic carbocycles. The molecule has 0 fully saturated rings. The Morgan fingerprint density at radius 2 is 1.42 bits per heavy atom. The van der Waals surface area contributed by atoms with E-state index in [1.54, 1.807) is 44.4 Å². The summed E-state index contributed by atoms with van der Waals surface area (Å²) in [5.74, 6) is 0.831. The van der Waals surface area contributed by atoms with Gasteiger partial charge in [-0.1, -0.05) is 18.7 Å². The van der Waals surface area contributed by atoms with E-state index in [9.17, 15) is 14.4 Å². The van der Waals surface area contributed by atoms with Crippen LogP contribution in [0.2, 0.25) is 0 Å². The van der Waals surface area contributed by atoms with Crippen LogP contribution in [0, 0.1) is 0 Å². The van der Waals surface area contributed by atoms with Gasteiger partial charge in [-0.05, 0) is 93.1 Å². The highest BCUT2D eigenvalue weighted by Gasteiger charge is 2.15. The number of hydrogen-bond donors (Lipinski definition) is 0. The fraction of sp³-hybridized carbons (Fsp3) is 0.324. The molecular formula is C34H38O9. The maximum Gasteiger partial charge on any atom is 0.343 e. The Morgan fingerprint density at radius 3 is 2.09 bits per heavy atom. The standard InChI is InChI=1S/C34H38O9/c1-4-32(35)41-23-9-7-6-8-22-40-28-17-13-26(14-18-28)34(37)43-30-20-19-29(24-31(30)39-5-2)42-33(36)21-12-25-10-15-27(38-3)16-11-25/h4,10-11,13-20,24H,1,5-9,12,21-23H2,2-3H3. The van der Waals surface area contributed by atoms with Crippen molar-refractivity contribution < 1.29 is 42.8 Å². The van der Waals surface area contributed by atoms with E-state index in [1.807, 2.05) is 24.3 Å². The third-order valence-electron chi connectivity index (χ3n) is 6.23. The lowest BCUT2D eigenvalue weighted by molar-refractivity contribution is -0.138. The predicted octanol–water partition coefficient (Wildman–Crippen LogP) is 6.52. The van der Waals surface area contributed by atoms with Crippen LogP contribution in [0.5, 0.6) is 28.7 Å². The van der Waals surface area contributed by atoms with Crippen molar-refractivity contribution in [1.82, 2.24) is 0 Å². The van der Waals surface area contributed by atoms with E-state index < -0.39 is 17.9 Å². The molecule has 0 aliphatic heterocycles. The van der Waals surface area contributed by atoms with Crippen molar-refractivity contribution in [3.8, 4) is 28.7 Å². The van der Waals surface area contributed by atoms with Crippen LogP contribution in [0.1, 0.15) is 54.9 Å². The Balaban J connectivity index is 1.45. The fourth-order valence-electron chi connectivity index (χ4n) is 3.95. The summed E-state index contributed by atoms with van der Waals surface area (Å²) >= 11 is 0. The molecule has 0 radical (unpaired) electrons. The summed E-state index contributed by atoms with van der Waals surface area (Å²) in [5.41, 5.74) is 1.34. The summed E-state index contributed by atoms with van der Waals surface area (Å²) in [6.07, 6.45) is 5.39. The minimum atomic E-state index is -0.561. The van der Waals surface area contributed by atoms with E-state index in [0.29, 0.717) is 43.3 Å². The zero-order chi connectivity index (χ0) is 30.9. The lowest BCUT2D eigenvalue weighted by Crippen LogP contribution is -2.11. The number of esters is 3. The Hall–Kier alpha value is -4.79. The summed E-state index contributed by atoms with van der Waals surface area (Å²) in [4.78, 5) is 36.2. The van der Waals surface area contributed by atoms with Gasteiger partial charge >= 0.3 is 17.9 Å². The first-order chi connectivity index (χ1) is 20.9. The van der Waals surface area contributed by atoms with Crippen LogP contribution in [0.15, 0.2) is 79.4 Å². The molecule has 0 aromatic heterocycles. The number of carbonyl (C=O) groups excluding carboxylic acids is 3. The molecule has 0 amide bonds. The summed E-state index contributed by atoms with van der Waals surface area (Å²) in [6.45, 7) is 6.41. The topological polar surface area (TPSA) is 107 Å². The maximum absolute atomic E-state index is 12.8. The number of rotatable bonds is 18. The zero-order valence-electron chi connectivity index (χ0n) is 24.7. The van der Waals surface area contributed by atoms with E-state index in [0.717, 1.165) is 43.1 Å². The number of ether oxygens (including phenoxy) is 6. The average molecular weight is 591 g/mol. The lowest BCUT2D eigenvalue weighted by Gasteiger charge is -2.13. The van der Waals surface area contributed by atoms with Gasteiger partial charge in [0, 0.05) is 18.6 Å². The second-order valence-corrected chi connectivity index (χ2v) is 9.41. The summed E-state index contributed by atoms with van der Waals surface area (Å²) in [5, 5.41) is 0. The second kappa shape index (κ2) is 17.9. The predicted molar refractivity (Wildman–Crippen MR) is 161 cm³/mol. The zero-order valence-corrected chi connectivity index (χ0v) is 24.7. The van der Waals surface area contributed by atoms with Gasteiger partial charge in [0.1, 0.15) is 17.2 Å². The van der Waals surface area contributed by atoms with Gasteiger partial charge < -0.3 is 28.4 Å². The molecule has 43 heavy (non-hydrogen) atoms. The van der Waals surface area contributed by atoms with Gasteiger partial charge in [0.05, 0.1) is 32.5 Å². The Kier molecular flexibility index (Phi) is 13.6. The first kappa shape index (κ1) is 32.7. The maximum atomic E-state index is 12.8. The van der Waals surface area contributed by atoms with Crippen molar-refractivity contribution in [3.63, 3.8) is 0 Å². The van der Waals surface area contributed by atoms with Crippen molar-refractivity contribution in [2.75, 3.05) is 26.9 Å². The second-order valence-electron chi connectivity index (χ2n) is 9.41. The van der Waals surface area contributed by atoms with Crippen molar-refractivity contribution >= 4 is 17.9 Å². The lowest BCUT2D eigenvalue weighted by atomic mass is 10.1. The largest absolute Gasteiger partial charge is 0.497 e. The third-order valence-corrected chi connectivity index (χ3v) is 6.23. The summed E-state index contributed by atoms with van der Waals surface area (Å²) in [6, 6.07) is 18.8. The molecular weight excluding hydrogens is 552 g/mol. The third kappa shape index (κ3) is 11.5. The van der Waals surface area contributed by atoms with E-state index in [2.05, 4.69) is 6.58 Å². The van der Waals surface area contributed by atoms with Gasteiger partial charge in [0.2, 0.25) is 0 Å². The van der Waals surface area contributed by atoms with Gasteiger partial charge in [-0.15, -0.1) is 0 Å². The van der Waals surface area contributed by atoms with Crippen LogP contribution >= 0.6 is 0 Å². The Labute approximate surface area is 252 Å². The molecule has 3 rings (SSSR count). The molecule has 0 N–H and O–H groups in total. The quantitative estimate of drug-likeness (QED) is 0.0708. The van der Waals surface area contributed by atoms with E-state index in [-0.39, 0.29) is 17.9 Å². The van der Waals surface area contributed by atoms with Crippen molar-refractivity contribution in [1.29, 1.82) is 0 Å². The van der Waals surface area contributed by atoms with Crippen LogP contribution in [0.3, 0.4) is 0 Å². The minimum Gasteiger partial charge on any atom is -0.497 e. The van der Waals surface area contributed by atoms with Crippen LogP contribution in [0.25, 0.3) is 0 Å². The van der Waals surface area contributed by atoms with E-state index in [4.69, 9.17) is 28.4 Å². The highest BCUT2D eigenvalue weighted by molar-refractivity contribution is 5.91. The molecule has 0 saturated heterocycles. The van der Waals surface area contributed by atoms with Crippen molar-refractivity contribution in [2.24, 2.45) is 0 Å². The molecule has 0 saturated carbocycles. The van der Waals surface area contributed by atoms with Crippen LogP contribution in [-0.2, 0) is 20.7 Å². The molecule has 0 unspecified atom stereocenters. The molecule has 0 atom stereocenters. The highest BCUT2D eigenvalue weighted by atomic mass is 16.6. The monoisotopic (exact) mass is 590 g/mol. The number of unbranched alkanes of at least 4 members (excludes halogenated alkanes) is 3. The number of methoxy groups -OCH3 is 1. The smallest absolute Gasteiger partial charge is 0.343 e. The van der Waals surface area contributed by atoms with Crippen LogP contribution in [0.4, 0.5) is 0 Å². The molecule has 3 aromatic carbocycles. The van der Waals surface area contributed by atoms with Crippen LogP contribution in [-0.4, -0.2) is 44.8 Å². The molecule has 0 spiro atoms.